The lowest BCUT2D eigenvalue weighted by molar-refractivity contribution is -0.115. The van der Waals surface area contributed by atoms with Crippen LogP contribution in [-0.2, 0) is 4.79 Å². The Balaban J connectivity index is 1.78. The summed E-state index contributed by atoms with van der Waals surface area (Å²) in [6, 6.07) is 12.6. The summed E-state index contributed by atoms with van der Waals surface area (Å²) in [6.45, 7) is 2.55. The molecule has 0 unspecified atom stereocenters. The Labute approximate surface area is 159 Å². The van der Waals surface area contributed by atoms with Gasteiger partial charge in [0.15, 0.2) is 5.17 Å². The Morgan fingerprint density at radius 3 is 2.64 bits per heavy atom. The number of amidine groups is 1. The number of halogens is 2. The second-order valence-corrected chi connectivity index (χ2v) is 6.95. The molecule has 0 atom stereocenters. The van der Waals surface area contributed by atoms with Crippen molar-refractivity contribution in [1.29, 1.82) is 0 Å². The normalized spacial score (nSPS) is 17.2. The van der Waals surface area contributed by atoms with Crippen LogP contribution in [0.3, 0.4) is 0 Å². The van der Waals surface area contributed by atoms with E-state index in [1.807, 2.05) is 37.3 Å². The standard InChI is InChI=1S/C18H14Cl2N2O2S/c1-2-24-13-6-3-11(4-7-13)9-16-17(23)22-18(25-16)21-15-8-5-12(19)10-14(15)20/h3-10H,2H2,1H3,(H,21,22,23). The molecule has 0 bridgehead atoms. The zero-order valence-corrected chi connectivity index (χ0v) is 15.6. The molecule has 3 rings (SSSR count). The number of thioether (sulfide) groups is 1. The number of rotatable bonds is 4. The molecule has 7 heteroatoms. The molecule has 1 aliphatic heterocycles. The predicted molar refractivity (Wildman–Crippen MR) is 105 cm³/mol. The van der Waals surface area contributed by atoms with Crippen molar-refractivity contribution in [1.82, 2.24) is 5.32 Å². The predicted octanol–water partition coefficient (Wildman–Crippen LogP) is 5.28. The van der Waals surface area contributed by atoms with Crippen molar-refractivity contribution in [3.63, 3.8) is 0 Å². The molecular formula is C18H14Cl2N2O2S. The first kappa shape index (κ1) is 17.9. The molecule has 0 aromatic heterocycles. The van der Waals surface area contributed by atoms with Crippen LogP contribution in [0.1, 0.15) is 12.5 Å². The van der Waals surface area contributed by atoms with Gasteiger partial charge in [-0.25, -0.2) is 4.99 Å². The van der Waals surface area contributed by atoms with E-state index in [4.69, 9.17) is 27.9 Å². The van der Waals surface area contributed by atoms with Crippen LogP contribution in [0.25, 0.3) is 6.08 Å². The molecule has 128 valence electrons. The van der Waals surface area contributed by atoms with Crippen molar-refractivity contribution in [3.05, 3.63) is 63.0 Å². The highest BCUT2D eigenvalue weighted by molar-refractivity contribution is 8.18. The van der Waals surface area contributed by atoms with Gasteiger partial charge in [-0.2, -0.15) is 0 Å². The monoisotopic (exact) mass is 392 g/mol. The van der Waals surface area contributed by atoms with Crippen molar-refractivity contribution in [2.75, 3.05) is 6.61 Å². The first-order chi connectivity index (χ1) is 12.0. The molecule has 4 nitrogen and oxygen atoms in total. The van der Waals surface area contributed by atoms with Gasteiger partial charge in [-0.05, 0) is 60.7 Å². The summed E-state index contributed by atoms with van der Waals surface area (Å²) >= 11 is 13.2. The van der Waals surface area contributed by atoms with Crippen LogP contribution in [0, 0.1) is 0 Å². The lowest BCUT2D eigenvalue weighted by Crippen LogP contribution is -2.19. The lowest BCUT2D eigenvalue weighted by atomic mass is 10.2. The maximum absolute atomic E-state index is 12.1. The van der Waals surface area contributed by atoms with Crippen LogP contribution >= 0.6 is 35.0 Å². The van der Waals surface area contributed by atoms with Crippen molar-refractivity contribution in [2.24, 2.45) is 4.99 Å². The number of aliphatic imine (C=N–C) groups is 1. The highest BCUT2D eigenvalue weighted by Crippen LogP contribution is 2.32. The maximum atomic E-state index is 12.1. The van der Waals surface area contributed by atoms with E-state index in [2.05, 4.69) is 10.3 Å². The number of nitrogens with one attached hydrogen (secondary N) is 1. The molecular weight excluding hydrogens is 379 g/mol. The largest absolute Gasteiger partial charge is 0.494 e. The summed E-state index contributed by atoms with van der Waals surface area (Å²) in [6.07, 6.45) is 1.81. The summed E-state index contributed by atoms with van der Waals surface area (Å²) in [4.78, 5) is 17.1. The van der Waals surface area contributed by atoms with Gasteiger partial charge in [0, 0.05) is 5.02 Å². The van der Waals surface area contributed by atoms with E-state index in [1.54, 1.807) is 18.2 Å². The van der Waals surface area contributed by atoms with E-state index in [1.165, 1.54) is 11.8 Å². The van der Waals surface area contributed by atoms with Gasteiger partial charge >= 0.3 is 0 Å². The third kappa shape index (κ3) is 4.57. The van der Waals surface area contributed by atoms with Crippen molar-refractivity contribution in [3.8, 4) is 5.75 Å². The number of hydrogen-bond acceptors (Lipinski definition) is 4. The molecule has 1 N–H and O–H groups in total. The number of hydrogen-bond donors (Lipinski definition) is 1. The molecule has 0 saturated carbocycles. The van der Waals surface area contributed by atoms with E-state index in [-0.39, 0.29) is 5.91 Å². The Morgan fingerprint density at radius 1 is 1.20 bits per heavy atom. The van der Waals surface area contributed by atoms with Crippen LogP contribution in [-0.4, -0.2) is 17.7 Å². The van der Waals surface area contributed by atoms with E-state index in [0.29, 0.717) is 32.4 Å². The Hall–Kier alpha value is -1.95. The molecule has 1 fully saturated rings. The Morgan fingerprint density at radius 2 is 1.96 bits per heavy atom. The van der Waals surface area contributed by atoms with Gasteiger partial charge in [0.2, 0.25) is 0 Å². The van der Waals surface area contributed by atoms with Crippen molar-refractivity contribution >= 4 is 57.8 Å². The second-order valence-electron chi connectivity index (χ2n) is 5.08. The number of benzene rings is 2. The molecule has 0 radical (unpaired) electrons. The van der Waals surface area contributed by atoms with Crippen molar-refractivity contribution < 1.29 is 9.53 Å². The molecule has 1 heterocycles. The third-order valence-electron chi connectivity index (χ3n) is 3.27. The van der Waals surface area contributed by atoms with Crippen molar-refractivity contribution in [2.45, 2.75) is 6.92 Å². The van der Waals surface area contributed by atoms with Gasteiger partial charge in [-0.1, -0.05) is 35.3 Å². The van der Waals surface area contributed by atoms with E-state index in [0.717, 1.165) is 11.3 Å². The molecule has 0 aliphatic carbocycles. The lowest BCUT2D eigenvalue weighted by Gasteiger charge is -2.02. The number of ether oxygens (including phenoxy) is 1. The highest BCUT2D eigenvalue weighted by Gasteiger charge is 2.24. The number of nitrogens with zero attached hydrogens (tertiary/aromatic N) is 1. The summed E-state index contributed by atoms with van der Waals surface area (Å²) in [5.74, 6) is 0.607. The smallest absolute Gasteiger partial charge is 0.264 e. The van der Waals surface area contributed by atoms with Gasteiger partial charge in [-0.3, -0.25) is 4.79 Å². The minimum absolute atomic E-state index is 0.192. The first-order valence-corrected chi connectivity index (χ1v) is 9.10. The average molecular weight is 393 g/mol. The minimum atomic E-state index is -0.192. The first-order valence-electron chi connectivity index (χ1n) is 7.52. The van der Waals surface area contributed by atoms with Crippen LogP contribution in [0.4, 0.5) is 5.69 Å². The van der Waals surface area contributed by atoms with Gasteiger partial charge in [0.1, 0.15) is 5.75 Å². The van der Waals surface area contributed by atoms with Crippen LogP contribution < -0.4 is 10.1 Å². The number of amides is 1. The highest BCUT2D eigenvalue weighted by atomic mass is 35.5. The molecule has 1 saturated heterocycles. The summed E-state index contributed by atoms with van der Waals surface area (Å²) in [5, 5.41) is 4.18. The van der Waals surface area contributed by atoms with E-state index in [9.17, 15) is 4.79 Å². The molecule has 2 aromatic rings. The maximum Gasteiger partial charge on any atom is 0.264 e. The summed E-state index contributed by atoms with van der Waals surface area (Å²) in [5.41, 5.74) is 1.46. The van der Waals surface area contributed by atoms with Gasteiger partial charge in [0.25, 0.3) is 5.91 Å². The Bertz CT molecular complexity index is 864. The third-order valence-corrected chi connectivity index (χ3v) is 4.72. The fourth-order valence-electron chi connectivity index (χ4n) is 2.14. The molecule has 2 aromatic carbocycles. The zero-order chi connectivity index (χ0) is 17.8. The number of carbonyl (C=O) groups excluding carboxylic acids is 1. The van der Waals surface area contributed by atoms with Gasteiger partial charge in [-0.15, -0.1) is 0 Å². The van der Waals surface area contributed by atoms with Crippen LogP contribution in [0.15, 0.2) is 52.4 Å². The molecule has 0 spiro atoms. The van der Waals surface area contributed by atoms with Gasteiger partial charge < -0.3 is 10.1 Å². The minimum Gasteiger partial charge on any atom is -0.494 e. The topological polar surface area (TPSA) is 50.7 Å². The second kappa shape index (κ2) is 7.95. The average Bonchev–Trinajstić information content (AvgIpc) is 2.92. The fraction of sp³-hybridized carbons (Fsp3) is 0.111. The summed E-state index contributed by atoms with van der Waals surface area (Å²) in [7, 11) is 0. The van der Waals surface area contributed by atoms with E-state index >= 15 is 0 Å². The SMILES string of the molecule is CCOc1ccc(C=C2SC(=Nc3ccc(Cl)cc3Cl)NC2=O)cc1. The van der Waals surface area contributed by atoms with Crippen LogP contribution in [0.5, 0.6) is 5.75 Å². The molecule has 1 aliphatic rings. The molecule has 25 heavy (non-hydrogen) atoms. The quantitative estimate of drug-likeness (QED) is 0.719. The fourth-order valence-corrected chi connectivity index (χ4v) is 3.43. The van der Waals surface area contributed by atoms with E-state index < -0.39 is 0 Å². The van der Waals surface area contributed by atoms with Gasteiger partial charge in [0.05, 0.1) is 22.2 Å². The molecule has 1 amide bonds. The summed E-state index contributed by atoms with van der Waals surface area (Å²) < 4.78 is 5.41. The number of carbonyl (C=O) groups is 1. The Kier molecular flexibility index (Phi) is 5.68. The van der Waals surface area contributed by atoms with Crippen LogP contribution in [0.2, 0.25) is 10.0 Å². The zero-order valence-electron chi connectivity index (χ0n) is 13.3.